The van der Waals surface area contributed by atoms with Crippen molar-refractivity contribution in [2.45, 2.75) is 51.9 Å². The second-order valence-electron chi connectivity index (χ2n) is 12.2. The number of unbranched alkanes of at least 4 members (excludes halogenated alkanes) is 5. The van der Waals surface area contributed by atoms with Crippen molar-refractivity contribution >= 4 is 17.8 Å². The summed E-state index contributed by atoms with van der Waals surface area (Å²) in [5.74, 6) is -0.769. The molecule has 0 bridgehead atoms. The first-order valence-corrected chi connectivity index (χ1v) is 20.3. The fourth-order valence-electron chi connectivity index (χ4n) is 4.66. The molecular formula is C39H71NO16. The Labute approximate surface area is 334 Å². The first-order valence-electron chi connectivity index (χ1n) is 20.3. The monoisotopic (exact) mass is 809 g/mol. The maximum absolute atomic E-state index is 11.7. The Balaban J connectivity index is 1.62. The number of hydrogen-bond donors (Lipinski definition) is 0. The summed E-state index contributed by atoms with van der Waals surface area (Å²) in [5.41, 5.74) is 0. The first kappa shape index (κ1) is 51.9. The van der Waals surface area contributed by atoms with E-state index < -0.39 is 0 Å². The van der Waals surface area contributed by atoms with Gasteiger partial charge in [0.2, 0.25) is 0 Å². The topological polar surface area (TPSA) is 174 Å². The molecule has 0 spiro atoms. The Morgan fingerprint density at radius 2 is 0.661 bits per heavy atom. The smallest absolute Gasteiger partial charge is 0.305 e. The lowest BCUT2D eigenvalue weighted by molar-refractivity contribution is -0.145. The van der Waals surface area contributed by atoms with Crippen LogP contribution >= 0.6 is 0 Å². The molecule has 0 radical (unpaired) electrons. The zero-order valence-corrected chi connectivity index (χ0v) is 34.0. The predicted molar refractivity (Wildman–Crippen MR) is 205 cm³/mol. The molecule has 2 amide bonds. The van der Waals surface area contributed by atoms with Crippen molar-refractivity contribution in [2.75, 3.05) is 172 Å². The molecule has 0 fully saturated rings. The maximum atomic E-state index is 11.7. The van der Waals surface area contributed by atoms with E-state index in [-0.39, 0.29) is 37.5 Å². The number of amides is 2. The molecule has 0 aromatic heterocycles. The summed E-state index contributed by atoms with van der Waals surface area (Å²) < 4.78 is 70.7. The highest BCUT2D eigenvalue weighted by atomic mass is 16.6. The zero-order valence-electron chi connectivity index (χ0n) is 34.0. The lowest BCUT2D eigenvalue weighted by atomic mass is 10.1. The third kappa shape index (κ3) is 36.2. The number of nitrogens with zero attached hydrogens (tertiary/aromatic N) is 1. The van der Waals surface area contributed by atoms with Gasteiger partial charge in [0, 0.05) is 18.6 Å². The Bertz CT molecular complexity index is 910. The minimum absolute atomic E-state index is 0.150. The maximum Gasteiger partial charge on any atom is 0.305 e. The third-order valence-electron chi connectivity index (χ3n) is 7.68. The van der Waals surface area contributed by atoms with Gasteiger partial charge < -0.3 is 61.6 Å². The van der Waals surface area contributed by atoms with Crippen LogP contribution in [0.3, 0.4) is 0 Å². The van der Waals surface area contributed by atoms with Crippen molar-refractivity contribution in [1.82, 2.24) is 4.90 Å². The van der Waals surface area contributed by atoms with E-state index in [1.54, 1.807) is 0 Å². The predicted octanol–water partition coefficient (Wildman–Crippen LogP) is 2.40. The van der Waals surface area contributed by atoms with Crippen LogP contribution in [0.4, 0.5) is 0 Å². The Morgan fingerprint density at radius 1 is 0.393 bits per heavy atom. The second kappa shape index (κ2) is 42.5. The number of imide groups is 1. The molecule has 1 aliphatic rings. The van der Waals surface area contributed by atoms with E-state index in [1.807, 2.05) is 0 Å². The highest BCUT2D eigenvalue weighted by molar-refractivity contribution is 6.12. The number of esters is 1. The molecule has 1 rings (SSSR count). The van der Waals surface area contributed by atoms with Gasteiger partial charge >= 0.3 is 5.97 Å². The number of carbonyl (C=O) groups excluding carboxylic acids is 3. The van der Waals surface area contributed by atoms with Crippen LogP contribution in [-0.2, 0) is 76.0 Å². The van der Waals surface area contributed by atoms with E-state index in [0.29, 0.717) is 158 Å². The van der Waals surface area contributed by atoms with Gasteiger partial charge in [-0.1, -0.05) is 39.0 Å². The highest BCUT2D eigenvalue weighted by Gasteiger charge is 2.22. The van der Waals surface area contributed by atoms with Crippen LogP contribution in [-0.4, -0.2) is 194 Å². The van der Waals surface area contributed by atoms with E-state index in [9.17, 15) is 14.4 Å². The molecule has 0 N–H and O–H groups in total. The van der Waals surface area contributed by atoms with Gasteiger partial charge in [-0.05, 0) is 6.42 Å². The molecule has 0 saturated carbocycles. The van der Waals surface area contributed by atoms with E-state index in [0.717, 1.165) is 17.7 Å². The van der Waals surface area contributed by atoms with E-state index in [1.165, 1.54) is 37.8 Å². The molecule has 17 nitrogen and oxygen atoms in total. The fourth-order valence-corrected chi connectivity index (χ4v) is 4.66. The molecule has 17 heteroatoms. The molecule has 1 heterocycles. The number of carbonyl (C=O) groups is 3. The van der Waals surface area contributed by atoms with Gasteiger partial charge in [-0.3, -0.25) is 19.3 Å². The molecule has 0 aliphatic carbocycles. The molecule has 56 heavy (non-hydrogen) atoms. The SMILES string of the molecule is CCCCCCCCC(=O)OCCOCCOCCOCCOCCOCCOCCOCCOCCOCCOCCOCCOCCN1C(=O)C=CC1=O. The third-order valence-corrected chi connectivity index (χ3v) is 7.68. The van der Waals surface area contributed by atoms with E-state index >= 15 is 0 Å². The van der Waals surface area contributed by atoms with Gasteiger partial charge in [0.1, 0.15) is 6.61 Å². The van der Waals surface area contributed by atoms with Gasteiger partial charge in [0.05, 0.1) is 165 Å². The molecule has 0 aromatic carbocycles. The van der Waals surface area contributed by atoms with Crippen LogP contribution in [0, 0.1) is 0 Å². The molecule has 0 saturated heterocycles. The van der Waals surface area contributed by atoms with Gasteiger partial charge in [0.25, 0.3) is 11.8 Å². The summed E-state index contributed by atoms with van der Waals surface area (Å²) in [6, 6.07) is 0. The van der Waals surface area contributed by atoms with Crippen molar-refractivity contribution in [3.63, 3.8) is 0 Å². The fraction of sp³-hybridized carbons (Fsp3) is 0.872. The molecule has 1 aliphatic heterocycles. The minimum atomic E-state index is -0.310. The second-order valence-corrected chi connectivity index (χ2v) is 12.2. The van der Waals surface area contributed by atoms with Gasteiger partial charge in [-0.25, -0.2) is 0 Å². The minimum Gasteiger partial charge on any atom is -0.463 e. The van der Waals surface area contributed by atoms with Crippen LogP contribution in [0.1, 0.15) is 51.9 Å². The molecule has 328 valence electrons. The van der Waals surface area contributed by atoms with E-state index in [2.05, 4.69) is 6.92 Å². The molecule has 0 atom stereocenters. The quantitative estimate of drug-likeness (QED) is 0.0498. The first-order chi connectivity index (χ1) is 27.6. The molecule has 0 aromatic rings. The van der Waals surface area contributed by atoms with Crippen LogP contribution in [0.25, 0.3) is 0 Å². The number of hydrogen-bond acceptors (Lipinski definition) is 16. The molecular weight excluding hydrogens is 738 g/mol. The summed E-state index contributed by atoms with van der Waals surface area (Å²) in [4.78, 5) is 35.7. The van der Waals surface area contributed by atoms with Crippen molar-refractivity contribution in [3.8, 4) is 0 Å². The average Bonchev–Trinajstić information content (AvgIpc) is 3.52. The van der Waals surface area contributed by atoms with Gasteiger partial charge in [0.15, 0.2) is 0 Å². The lowest BCUT2D eigenvalue weighted by Crippen LogP contribution is -2.33. The Morgan fingerprint density at radius 3 is 0.982 bits per heavy atom. The zero-order chi connectivity index (χ0) is 40.3. The largest absolute Gasteiger partial charge is 0.463 e. The number of rotatable bonds is 46. The van der Waals surface area contributed by atoms with Crippen LogP contribution in [0.5, 0.6) is 0 Å². The lowest BCUT2D eigenvalue weighted by Gasteiger charge is -2.13. The van der Waals surface area contributed by atoms with Gasteiger partial charge in [-0.2, -0.15) is 0 Å². The van der Waals surface area contributed by atoms with Crippen molar-refractivity contribution in [1.29, 1.82) is 0 Å². The van der Waals surface area contributed by atoms with Crippen molar-refractivity contribution < 1.29 is 76.0 Å². The van der Waals surface area contributed by atoms with Crippen molar-refractivity contribution in [3.05, 3.63) is 12.2 Å². The number of ether oxygens (including phenoxy) is 13. The summed E-state index contributed by atoms with van der Waals surface area (Å²) in [6.07, 6.45) is 9.89. The standard InChI is InChI=1S/C39H71NO16/c1-2-3-4-5-6-7-8-39(43)56-36-35-55-34-33-54-32-31-53-30-29-52-28-27-51-26-25-50-24-23-49-22-21-48-20-19-47-18-17-46-16-15-45-14-13-44-12-11-40-37(41)9-10-38(40)42/h9-10H,2-8,11-36H2,1H3. The summed E-state index contributed by atoms with van der Waals surface area (Å²) in [5, 5.41) is 0. The van der Waals surface area contributed by atoms with Gasteiger partial charge in [-0.15, -0.1) is 0 Å². The van der Waals surface area contributed by atoms with E-state index in [4.69, 9.17) is 61.6 Å². The average molecular weight is 810 g/mol. The Kier molecular flexibility index (Phi) is 39.4. The normalized spacial score (nSPS) is 12.8. The van der Waals surface area contributed by atoms with Crippen LogP contribution in [0.15, 0.2) is 12.2 Å². The van der Waals surface area contributed by atoms with Crippen LogP contribution < -0.4 is 0 Å². The highest BCUT2D eigenvalue weighted by Crippen LogP contribution is 2.07. The van der Waals surface area contributed by atoms with Crippen molar-refractivity contribution in [2.24, 2.45) is 0 Å². The summed E-state index contributed by atoms with van der Waals surface area (Å²) >= 11 is 0. The summed E-state index contributed by atoms with van der Waals surface area (Å²) in [6.45, 7) is 13.6. The Hall–Kier alpha value is -2.13. The molecule has 0 unspecified atom stereocenters. The van der Waals surface area contributed by atoms with Crippen LogP contribution in [0.2, 0.25) is 0 Å². The summed E-state index contributed by atoms with van der Waals surface area (Å²) in [7, 11) is 0.